The number of rotatable bonds is 6. The van der Waals surface area contributed by atoms with Gasteiger partial charge < -0.3 is 9.52 Å². The molecule has 1 atom stereocenters. The maximum absolute atomic E-state index is 13.0. The number of carboxylic acids is 1. The molecule has 0 bridgehead atoms. The fourth-order valence-electron chi connectivity index (χ4n) is 1.71. The minimum absolute atomic E-state index is 0.0435. The lowest BCUT2D eigenvalue weighted by Gasteiger charge is -2.27. The first-order chi connectivity index (χ1) is 8.98. The van der Waals surface area contributed by atoms with Gasteiger partial charge in [-0.25, -0.2) is 17.2 Å². The SMILES string of the molecule is Cc1cc(S(=O)(=O)NC(C)(CC(=O)O)C(F)F)c(C)o1. The van der Waals surface area contributed by atoms with Crippen LogP contribution in [0.1, 0.15) is 24.9 Å². The first-order valence-corrected chi connectivity index (χ1v) is 7.07. The van der Waals surface area contributed by atoms with Crippen molar-refractivity contribution < 1.29 is 31.5 Å². The monoisotopic (exact) mass is 311 g/mol. The van der Waals surface area contributed by atoms with Gasteiger partial charge in [-0.1, -0.05) is 0 Å². The van der Waals surface area contributed by atoms with Gasteiger partial charge in [-0.05, 0) is 26.8 Å². The number of hydrogen-bond donors (Lipinski definition) is 2. The van der Waals surface area contributed by atoms with Crippen LogP contribution in [-0.4, -0.2) is 31.5 Å². The molecular formula is C11H15F2NO5S. The van der Waals surface area contributed by atoms with Crippen LogP contribution in [0.2, 0.25) is 0 Å². The van der Waals surface area contributed by atoms with Crippen LogP contribution in [-0.2, 0) is 14.8 Å². The predicted molar refractivity (Wildman–Crippen MR) is 65.2 cm³/mol. The molecule has 1 heterocycles. The normalized spacial score (nSPS) is 15.3. The van der Waals surface area contributed by atoms with Crippen LogP contribution in [0.4, 0.5) is 8.78 Å². The van der Waals surface area contributed by atoms with E-state index in [9.17, 15) is 22.0 Å². The maximum atomic E-state index is 13.0. The maximum Gasteiger partial charge on any atom is 0.305 e. The summed E-state index contributed by atoms with van der Waals surface area (Å²) in [6, 6.07) is 1.18. The van der Waals surface area contributed by atoms with Crippen LogP contribution in [0.25, 0.3) is 0 Å². The Morgan fingerprint density at radius 1 is 1.50 bits per heavy atom. The van der Waals surface area contributed by atoms with Crippen LogP contribution in [0.5, 0.6) is 0 Å². The third kappa shape index (κ3) is 3.54. The number of alkyl halides is 2. The summed E-state index contributed by atoms with van der Waals surface area (Å²) in [4.78, 5) is 10.3. The van der Waals surface area contributed by atoms with E-state index < -0.39 is 34.4 Å². The Balaban J connectivity index is 3.16. The Hall–Kier alpha value is -1.48. The lowest BCUT2D eigenvalue weighted by Crippen LogP contribution is -2.52. The van der Waals surface area contributed by atoms with Crippen LogP contribution in [0, 0.1) is 13.8 Å². The smallest absolute Gasteiger partial charge is 0.305 e. The molecule has 6 nitrogen and oxygen atoms in total. The number of nitrogens with one attached hydrogen (secondary N) is 1. The van der Waals surface area contributed by atoms with Gasteiger partial charge in [0.05, 0.1) is 6.42 Å². The molecule has 114 valence electrons. The topological polar surface area (TPSA) is 96.6 Å². The van der Waals surface area contributed by atoms with E-state index in [1.165, 1.54) is 19.9 Å². The molecule has 0 aromatic carbocycles. The highest BCUT2D eigenvalue weighted by Crippen LogP contribution is 2.25. The molecule has 1 unspecified atom stereocenters. The third-order valence-corrected chi connectivity index (χ3v) is 4.37. The van der Waals surface area contributed by atoms with Crippen molar-refractivity contribution in [1.29, 1.82) is 0 Å². The Morgan fingerprint density at radius 2 is 2.05 bits per heavy atom. The molecule has 1 aromatic rings. The van der Waals surface area contributed by atoms with E-state index in [1.807, 2.05) is 0 Å². The largest absolute Gasteiger partial charge is 0.481 e. The Kier molecular flexibility index (Phi) is 4.55. The Labute approximate surface area is 114 Å². The number of furan rings is 1. The second kappa shape index (κ2) is 5.49. The highest BCUT2D eigenvalue weighted by atomic mass is 32.2. The number of carboxylic acid groups (broad SMARTS) is 1. The molecule has 1 rings (SSSR count). The summed E-state index contributed by atoms with van der Waals surface area (Å²) in [6.45, 7) is 3.72. The Morgan fingerprint density at radius 3 is 2.40 bits per heavy atom. The van der Waals surface area contributed by atoms with Gasteiger partial charge in [0, 0.05) is 0 Å². The van der Waals surface area contributed by atoms with Gasteiger partial charge in [0.15, 0.2) is 0 Å². The van der Waals surface area contributed by atoms with Gasteiger partial charge in [0.25, 0.3) is 6.43 Å². The van der Waals surface area contributed by atoms with E-state index in [1.54, 1.807) is 4.72 Å². The molecule has 0 saturated heterocycles. The van der Waals surface area contributed by atoms with Crippen LogP contribution >= 0.6 is 0 Å². The van der Waals surface area contributed by atoms with Crippen molar-refractivity contribution in [3.05, 3.63) is 17.6 Å². The quantitative estimate of drug-likeness (QED) is 0.833. The van der Waals surface area contributed by atoms with Crippen LogP contribution in [0.15, 0.2) is 15.4 Å². The van der Waals surface area contributed by atoms with Crippen molar-refractivity contribution in [3.8, 4) is 0 Å². The van der Waals surface area contributed by atoms with Crippen LogP contribution in [0.3, 0.4) is 0 Å². The molecule has 0 amide bonds. The van der Waals surface area contributed by atoms with Crippen molar-refractivity contribution >= 4 is 16.0 Å². The minimum Gasteiger partial charge on any atom is -0.481 e. The van der Waals surface area contributed by atoms with E-state index in [4.69, 9.17) is 9.52 Å². The zero-order valence-electron chi connectivity index (χ0n) is 11.1. The van der Waals surface area contributed by atoms with E-state index in [2.05, 4.69) is 0 Å². The summed E-state index contributed by atoms with van der Waals surface area (Å²) >= 11 is 0. The van der Waals surface area contributed by atoms with Gasteiger partial charge in [0.1, 0.15) is 22.0 Å². The van der Waals surface area contributed by atoms with Crippen molar-refractivity contribution in [2.45, 2.75) is 44.1 Å². The second-order valence-electron chi connectivity index (χ2n) is 4.67. The first-order valence-electron chi connectivity index (χ1n) is 5.59. The number of halogens is 2. The lowest BCUT2D eigenvalue weighted by atomic mass is 10.0. The van der Waals surface area contributed by atoms with Gasteiger partial charge in [-0.2, -0.15) is 4.72 Å². The highest BCUT2D eigenvalue weighted by molar-refractivity contribution is 7.89. The fourth-order valence-corrected chi connectivity index (χ4v) is 3.33. The Bertz CT molecular complexity index is 610. The molecule has 1 aromatic heterocycles. The molecule has 20 heavy (non-hydrogen) atoms. The zero-order chi connectivity index (χ0) is 15.7. The molecule has 0 aliphatic carbocycles. The molecule has 0 aliphatic rings. The molecule has 2 N–H and O–H groups in total. The van der Waals surface area contributed by atoms with Crippen molar-refractivity contribution in [3.63, 3.8) is 0 Å². The van der Waals surface area contributed by atoms with Gasteiger partial charge in [0.2, 0.25) is 10.0 Å². The van der Waals surface area contributed by atoms with E-state index in [-0.39, 0.29) is 10.7 Å². The minimum atomic E-state index is -4.31. The molecule has 0 saturated carbocycles. The lowest BCUT2D eigenvalue weighted by molar-refractivity contribution is -0.140. The van der Waals surface area contributed by atoms with Crippen molar-refractivity contribution in [1.82, 2.24) is 4.72 Å². The van der Waals surface area contributed by atoms with Gasteiger partial charge in [-0.3, -0.25) is 4.79 Å². The molecular weight excluding hydrogens is 296 g/mol. The number of sulfonamides is 1. The molecule has 9 heteroatoms. The summed E-state index contributed by atoms with van der Waals surface area (Å²) in [5, 5.41) is 8.64. The second-order valence-corrected chi connectivity index (χ2v) is 6.32. The van der Waals surface area contributed by atoms with E-state index in [0.717, 1.165) is 6.92 Å². The number of aryl methyl sites for hydroxylation is 2. The van der Waals surface area contributed by atoms with Crippen LogP contribution < -0.4 is 4.72 Å². The van der Waals surface area contributed by atoms with Crippen molar-refractivity contribution in [2.24, 2.45) is 0 Å². The zero-order valence-corrected chi connectivity index (χ0v) is 11.9. The average molecular weight is 311 g/mol. The van der Waals surface area contributed by atoms with E-state index >= 15 is 0 Å². The number of aliphatic carboxylic acids is 1. The average Bonchev–Trinajstić information content (AvgIpc) is 2.56. The summed E-state index contributed by atoms with van der Waals surface area (Å²) in [6.07, 6.45) is -4.22. The first kappa shape index (κ1) is 16.6. The third-order valence-electron chi connectivity index (χ3n) is 2.65. The van der Waals surface area contributed by atoms with Gasteiger partial charge >= 0.3 is 5.97 Å². The highest BCUT2D eigenvalue weighted by Gasteiger charge is 2.42. The van der Waals surface area contributed by atoms with Crippen molar-refractivity contribution in [2.75, 3.05) is 0 Å². The standard InChI is InChI=1S/C11H15F2NO5S/c1-6-4-8(7(2)19-6)20(17,18)14-11(3,10(12)13)5-9(15)16/h4,10,14H,5H2,1-3H3,(H,15,16). The van der Waals surface area contributed by atoms with Gasteiger partial charge in [-0.15, -0.1) is 0 Å². The van der Waals surface area contributed by atoms with E-state index in [0.29, 0.717) is 5.76 Å². The summed E-state index contributed by atoms with van der Waals surface area (Å²) < 4.78 is 56.9. The summed E-state index contributed by atoms with van der Waals surface area (Å²) in [5.74, 6) is -1.18. The summed E-state index contributed by atoms with van der Waals surface area (Å²) in [7, 11) is -4.31. The molecule has 0 spiro atoms. The predicted octanol–water partition coefficient (Wildman–Crippen LogP) is 1.67. The fraction of sp³-hybridized carbons (Fsp3) is 0.545. The summed E-state index contributed by atoms with van der Waals surface area (Å²) in [5.41, 5.74) is -2.40. The molecule has 0 aliphatic heterocycles. The number of carbonyl (C=O) groups is 1. The molecule has 0 radical (unpaired) electrons. The number of hydrogen-bond acceptors (Lipinski definition) is 4. The molecule has 0 fully saturated rings.